The highest BCUT2D eigenvalue weighted by molar-refractivity contribution is 7.71. The van der Waals surface area contributed by atoms with Gasteiger partial charge in [0.1, 0.15) is 5.56 Å². The van der Waals surface area contributed by atoms with E-state index in [1.807, 2.05) is 0 Å². The molecule has 2 N–H and O–H groups in total. The summed E-state index contributed by atoms with van der Waals surface area (Å²) in [6.45, 7) is 1.37. The molecule has 1 atom stereocenters. The van der Waals surface area contributed by atoms with Gasteiger partial charge in [-0.15, -0.1) is 0 Å². The first kappa shape index (κ1) is 21.4. The number of rotatable bonds is 5. The number of nitrogens with zero attached hydrogens (tertiary/aromatic N) is 3. The Labute approximate surface area is 177 Å². The molecule has 160 valence electrons. The summed E-state index contributed by atoms with van der Waals surface area (Å²) < 4.78 is 17.5. The van der Waals surface area contributed by atoms with Gasteiger partial charge in [-0.25, -0.2) is 5.01 Å². The molecule has 1 unspecified atom stereocenters. The Balaban J connectivity index is 2.13. The van der Waals surface area contributed by atoms with E-state index in [-0.39, 0.29) is 34.3 Å². The topological polar surface area (TPSA) is 118 Å². The molecule has 1 amide bonds. The third-order valence-electron chi connectivity index (χ3n) is 4.89. The lowest BCUT2D eigenvalue weighted by molar-refractivity contribution is -0.130. The monoisotopic (exact) mass is 434 g/mol. The number of aromatic nitrogens is 2. The summed E-state index contributed by atoms with van der Waals surface area (Å²) in [6, 6.07) is 2.90. The number of aromatic amines is 1. The van der Waals surface area contributed by atoms with Crippen LogP contribution in [-0.4, -0.2) is 52.6 Å². The largest absolute Gasteiger partial charge is 0.494 e. The van der Waals surface area contributed by atoms with E-state index in [4.69, 9.17) is 26.4 Å². The summed E-state index contributed by atoms with van der Waals surface area (Å²) >= 11 is 5.01. The molecule has 0 spiro atoms. The molecular weight excluding hydrogens is 412 g/mol. The van der Waals surface area contributed by atoms with Crippen molar-refractivity contribution in [2.24, 2.45) is 12.1 Å². The first-order chi connectivity index (χ1) is 14.2. The molecule has 0 saturated carbocycles. The fraction of sp³-hybridized carbons (Fsp3) is 0.368. The standard InChI is InChI=1S/C19H22N4O6S/c1-9(24)23-12(10-6-13(27-3)16(29-5)14(7-10)28-4)8-11(21-23)15-17(25)20-19(30)22(2)18(15)26/h6-7,12,26H,8H2,1-5H3,(H,20,25,30). The number of aromatic hydroxyl groups is 1. The molecule has 10 nitrogen and oxygen atoms in total. The molecule has 0 radical (unpaired) electrons. The van der Waals surface area contributed by atoms with Crippen molar-refractivity contribution in [1.29, 1.82) is 0 Å². The fourth-order valence-electron chi connectivity index (χ4n) is 3.37. The van der Waals surface area contributed by atoms with Crippen molar-refractivity contribution in [3.05, 3.63) is 38.4 Å². The molecule has 2 heterocycles. The van der Waals surface area contributed by atoms with Crippen molar-refractivity contribution in [2.75, 3.05) is 21.3 Å². The third-order valence-corrected chi connectivity index (χ3v) is 5.26. The van der Waals surface area contributed by atoms with Crippen LogP contribution in [0.2, 0.25) is 0 Å². The van der Waals surface area contributed by atoms with Gasteiger partial charge in [-0.05, 0) is 29.9 Å². The lowest BCUT2D eigenvalue weighted by Crippen LogP contribution is -2.24. The summed E-state index contributed by atoms with van der Waals surface area (Å²) in [7, 11) is 6.01. The van der Waals surface area contributed by atoms with Gasteiger partial charge in [0, 0.05) is 20.4 Å². The lowest BCUT2D eigenvalue weighted by atomic mass is 9.98. The predicted molar refractivity (Wildman–Crippen MR) is 111 cm³/mol. The number of carbonyl (C=O) groups is 1. The highest BCUT2D eigenvalue weighted by Gasteiger charge is 2.35. The molecule has 2 aromatic rings. The van der Waals surface area contributed by atoms with Crippen LogP contribution in [-0.2, 0) is 11.8 Å². The Hall–Kier alpha value is -3.34. The number of carbonyl (C=O) groups excluding carboxylic acids is 1. The van der Waals surface area contributed by atoms with E-state index in [0.29, 0.717) is 22.8 Å². The molecule has 0 saturated heterocycles. The zero-order valence-corrected chi connectivity index (χ0v) is 18.0. The number of hydrogen-bond acceptors (Lipinski definition) is 8. The Morgan fingerprint density at radius 3 is 2.33 bits per heavy atom. The molecule has 3 rings (SSSR count). The van der Waals surface area contributed by atoms with Crippen LogP contribution in [0.1, 0.15) is 30.5 Å². The summed E-state index contributed by atoms with van der Waals surface area (Å²) in [4.78, 5) is 27.3. The Kier molecular flexibility index (Phi) is 5.83. The first-order valence-corrected chi connectivity index (χ1v) is 9.34. The quantitative estimate of drug-likeness (QED) is 0.690. The summed E-state index contributed by atoms with van der Waals surface area (Å²) in [5.74, 6) is 0.609. The van der Waals surface area contributed by atoms with Gasteiger partial charge in [0.15, 0.2) is 16.3 Å². The first-order valence-electron chi connectivity index (χ1n) is 8.93. The summed E-state index contributed by atoms with van der Waals surface area (Å²) in [5, 5.41) is 16.1. The highest BCUT2D eigenvalue weighted by atomic mass is 32.1. The fourth-order valence-corrected chi connectivity index (χ4v) is 3.55. The number of amides is 1. The number of ether oxygens (including phenoxy) is 3. The molecule has 1 aromatic heterocycles. The van der Waals surface area contributed by atoms with Crippen LogP contribution in [0, 0.1) is 4.77 Å². The molecule has 11 heteroatoms. The van der Waals surface area contributed by atoms with E-state index < -0.39 is 11.6 Å². The molecule has 1 aromatic carbocycles. The zero-order valence-electron chi connectivity index (χ0n) is 17.2. The third kappa shape index (κ3) is 3.52. The number of nitrogens with one attached hydrogen (secondary N) is 1. The van der Waals surface area contributed by atoms with Crippen LogP contribution >= 0.6 is 12.2 Å². The number of H-pyrrole nitrogens is 1. The van der Waals surface area contributed by atoms with Crippen LogP contribution in [0.3, 0.4) is 0 Å². The normalized spacial score (nSPS) is 15.7. The second-order valence-corrected chi connectivity index (χ2v) is 6.99. The number of hydrogen-bond donors (Lipinski definition) is 2. The lowest BCUT2D eigenvalue weighted by Gasteiger charge is -2.22. The second kappa shape index (κ2) is 8.19. The van der Waals surface area contributed by atoms with Crippen molar-refractivity contribution in [2.45, 2.75) is 19.4 Å². The van der Waals surface area contributed by atoms with Crippen molar-refractivity contribution in [3.8, 4) is 23.1 Å². The summed E-state index contributed by atoms with van der Waals surface area (Å²) in [5.41, 5.74) is 0.308. The van der Waals surface area contributed by atoms with Crippen molar-refractivity contribution in [3.63, 3.8) is 0 Å². The van der Waals surface area contributed by atoms with Crippen LogP contribution in [0.25, 0.3) is 0 Å². The van der Waals surface area contributed by atoms with Crippen LogP contribution in [0.15, 0.2) is 22.0 Å². The molecule has 0 fully saturated rings. The molecule has 0 bridgehead atoms. The van der Waals surface area contributed by atoms with E-state index >= 15 is 0 Å². The Morgan fingerprint density at radius 2 is 1.83 bits per heavy atom. The van der Waals surface area contributed by atoms with E-state index in [1.54, 1.807) is 12.1 Å². The van der Waals surface area contributed by atoms with Crippen molar-refractivity contribution < 1.29 is 24.1 Å². The predicted octanol–water partition coefficient (Wildman–Crippen LogP) is 1.87. The molecule has 1 aliphatic heterocycles. The average molecular weight is 434 g/mol. The van der Waals surface area contributed by atoms with E-state index in [9.17, 15) is 14.7 Å². The summed E-state index contributed by atoms with van der Waals surface area (Å²) in [6.07, 6.45) is 0.186. The second-order valence-electron chi connectivity index (χ2n) is 6.61. The van der Waals surface area contributed by atoms with Gasteiger partial charge >= 0.3 is 0 Å². The van der Waals surface area contributed by atoms with Crippen LogP contribution < -0.4 is 19.8 Å². The maximum Gasteiger partial charge on any atom is 0.264 e. The number of methoxy groups -OCH3 is 3. The van der Waals surface area contributed by atoms with E-state index in [2.05, 4.69) is 10.1 Å². The number of benzene rings is 1. The van der Waals surface area contributed by atoms with Gasteiger partial charge in [-0.2, -0.15) is 5.10 Å². The van der Waals surface area contributed by atoms with Gasteiger partial charge in [0.25, 0.3) is 5.56 Å². The van der Waals surface area contributed by atoms with Gasteiger partial charge in [0.2, 0.25) is 17.5 Å². The van der Waals surface area contributed by atoms with Gasteiger partial charge in [-0.3, -0.25) is 19.1 Å². The van der Waals surface area contributed by atoms with E-state index in [0.717, 1.165) is 0 Å². The minimum Gasteiger partial charge on any atom is -0.494 e. The number of hydrazone groups is 1. The SMILES string of the molecule is COc1cc(C2CC(c3c(O)n(C)c(=S)[nH]c3=O)=NN2C(C)=O)cc(OC)c1OC. The minimum absolute atomic E-state index is 0.0349. The van der Waals surface area contributed by atoms with Gasteiger partial charge < -0.3 is 19.3 Å². The molecule has 30 heavy (non-hydrogen) atoms. The van der Waals surface area contributed by atoms with Crippen molar-refractivity contribution in [1.82, 2.24) is 14.6 Å². The Bertz CT molecular complexity index is 1130. The molecule has 0 aliphatic carbocycles. The Morgan fingerprint density at radius 1 is 1.23 bits per heavy atom. The maximum atomic E-state index is 12.5. The smallest absolute Gasteiger partial charge is 0.264 e. The van der Waals surface area contributed by atoms with Gasteiger partial charge in [-0.1, -0.05) is 0 Å². The zero-order chi connectivity index (χ0) is 22.2. The van der Waals surface area contributed by atoms with Crippen LogP contribution in [0.5, 0.6) is 23.1 Å². The van der Waals surface area contributed by atoms with E-state index in [1.165, 1.54) is 44.9 Å². The van der Waals surface area contributed by atoms with Crippen LogP contribution in [0.4, 0.5) is 0 Å². The average Bonchev–Trinajstić information content (AvgIpc) is 3.16. The molecule has 1 aliphatic rings. The minimum atomic E-state index is -0.580. The molecular formula is C19H22N4O6S. The highest BCUT2D eigenvalue weighted by Crippen LogP contribution is 2.43. The maximum absolute atomic E-state index is 12.5. The van der Waals surface area contributed by atoms with Gasteiger partial charge in [0.05, 0.1) is 33.1 Å². The van der Waals surface area contributed by atoms with Crippen molar-refractivity contribution >= 4 is 23.8 Å².